The molecule has 8 nitrogen and oxygen atoms in total. The van der Waals surface area contributed by atoms with Gasteiger partial charge in [0.25, 0.3) is 5.91 Å². The number of aromatic nitrogens is 2. The number of nitrogens with zero attached hydrogens (tertiary/aromatic N) is 4. The number of ether oxygens (including phenoxy) is 2. The SMILES string of the molecule is C[C@@H](Oc1cc(-n2cnc3ccc(C#N)cc32)sc1C(N)=O)c1cccc(OC2CCN(C)CC2)c1Cl. The van der Waals surface area contributed by atoms with E-state index in [4.69, 9.17) is 26.8 Å². The molecule has 1 atom stereocenters. The first-order valence-electron chi connectivity index (χ1n) is 12.0. The minimum absolute atomic E-state index is 0.118. The van der Waals surface area contributed by atoms with E-state index < -0.39 is 12.0 Å². The number of rotatable bonds is 7. The third-order valence-electron chi connectivity index (χ3n) is 6.52. The Kier molecular flexibility index (Phi) is 7.07. The van der Waals surface area contributed by atoms with Gasteiger partial charge in [-0.1, -0.05) is 23.7 Å². The summed E-state index contributed by atoms with van der Waals surface area (Å²) in [6.07, 6.45) is 3.19. The van der Waals surface area contributed by atoms with Gasteiger partial charge in [0.2, 0.25) is 0 Å². The minimum Gasteiger partial charge on any atom is -0.489 e. The Bertz CT molecular complexity index is 1500. The van der Waals surface area contributed by atoms with Gasteiger partial charge >= 0.3 is 0 Å². The van der Waals surface area contributed by atoms with E-state index >= 15 is 0 Å². The zero-order valence-electron chi connectivity index (χ0n) is 20.5. The normalized spacial score (nSPS) is 15.4. The number of primary amides is 1. The number of likely N-dealkylation sites (tertiary alicyclic amines) is 1. The molecule has 1 aliphatic rings. The summed E-state index contributed by atoms with van der Waals surface area (Å²) in [6.45, 7) is 3.85. The Hall–Kier alpha value is -3.58. The van der Waals surface area contributed by atoms with E-state index in [1.807, 2.05) is 29.7 Å². The number of halogens is 1. The van der Waals surface area contributed by atoms with Crippen molar-refractivity contribution in [3.05, 3.63) is 69.8 Å². The van der Waals surface area contributed by atoms with Gasteiger partial charge in [-0.05, 0) is 51.1 Å². The Morgan fingerprint density at radius 2 is 2.03 bits per heavy atom. The molecule has 3 heterocycles. The fraction of sp³-hybridized carbons (Fsp3) is 0.296. The minimum atomic E-state index is -0.592. The molecule has 0 unspecified atom stereocenters. The zero-order valence-corrected chi connectivity index (χ0v) is 22.1. The van der Waals surface area contributed by atoms with Crippen LogP contribution in [0.4, 0.5) is 0 Å². The number of hydrogen-bond acceptors (Lipinski definition) is 7. The largest absolute Gasteiger partial charge is 0.489 e. The summed E-state index contributed by atoms with van der Waals surface area (Å²) in [5.41, 5.74) is 8.45. The van der Waals surface area contributed by atoms with Crippen LogP contribution in [0.2, 0.25) is 5.02 Å². The third-order valence-corrected chi connectivity index (χ3v) is 8.05. The van der Waals surface area contributed by atoms with Crippen molar-refractivity contribution in [1.82, 2.24) is 14.5 Å². The van der Waals surface area contributed by atoms with Gasteiger partial charge in [-0.3, -0.25) is 9.36 Å². The van der Waals surface area contributed by atoms with Gasteiger partial charge < -0.3 is 20.1 Å². The van der Waals surface area contributed by atoms with Crippen LogP contribution in [0.3, 0.4) is 0 Å². The maximum Gasteiger partial charge on any atom is 0.262 e. The van der Waals surface area contributed by atoms with Crippen LogP contribution in [-0.4, -0.2) is 46.6 Å². The van der Waals surface area contributed by atoms with Crippen LogP contribution in [0.25, 0.3) is 16.0 Å². The predicted molar refractivity (Wildman–Crippen MR) is 144 cm³/mol. The number of nitriles is 1. The molecular weight excluding hydrogens is 510 g/mol. The van der Waals surface area contributed by atoms with E-state index in [1.54, 1.807) is 30.6 Å². The third kappa shape index (κ3) is 5.14. The highest BCUT2D eigenvalue weighted by atomic mass is 35.5. The van der Waals surface area contributed by atoms with Crippen LogP contribution < -0.4 is 15.2 Å². The highest BCUT2D eigenvalue weighted by Crippen LogP contribution is 2.39. The quantitative estimate of drug-likeness (QED) is 0.343. The molecule has 2 aromatic carbocycles. The predicted octanol–water partition coefficient (Wildman–Crippen LogP) is 5.32. The summed E-state index contributed by atoms with van der Waals surface area (Å²) in [5.74, 6) is 0.394. The van der Waals surface area contributed by atoms with E-state index in [2.05, 4.69) is 23.0 Å². The molecule has 0 bridgehead atoms. The smallest absolute Gasteiger partial charge is 0.262 e. The van der Waals surface area contributed by atoms with Gasteiger partial charge in [0.1, 0.15) is 39.9 Å². The van der Waals surface area contributed by atoms with Gasteiger partial charge in [-0.25, -0.2) is 4.98 Å². The van der Waals surface area contributed by atoms with Crippen molar-refractivity contribution in [1.29, 1.82) is 5.26 Å². The topological polar surface area (TPSA) is 106 Å². The molecule has 0 spiro atoms. The number of fused-ring (bicyclic) bond motifs is 1. The highest BCUT2D eigenvalue weighted by Gasteiger charge is 2.24. The Labute approximate surface area is 223 Å². The number of hydrogen-bond donors (Lipinski definition) is 1. The number of nitrogens with two attached hydrogens (primary N) is 1. The molecule has 4 aromatic rings. The van der Waals surface area contributed by atoms with Crippen LogP contribution in [0.15, 0.2) is 48.8 Å². The van der Waals surface area contributed by atoms with E-state index in [1.165, 1.54) is 11.3 Å². The van der Waals surface area contributed by atoms with Crippen LogP contribution in [0.5, 0.6) is 11.5 Å². The molecule has 1 saturated heterocycles. The summed E-state index contributed by atoms with van der Waals surface area (Å²) in [4.78, 5) is 19.3. The van der Waals surface area contributed by atoms with Gasteiger partial charge in [0.05, 0.1) is 27.7 Å². The number of amides is 1. The van der Waals surface area contributed by atoms with Crippen molar-refractivity contribution in [2.45, 2.75) is 32.0 Å². The molecule has 2 aromatic heterocycles. The van der Waals surface area contributed by atoms with Crippen molar-refractivity contribution in [3.63, 3.8) is 0 Å². The molecular formula is C27H26ClN5O3S. The summed E-state index contributed by atoms with van der Waals surface area (Å²) in [6, 6.07) is 14.8. The number of thiophene rings is 1. The van der Waals surface area contributed by atoms with Gasteiger partial charge in [0.15, 0.2) is 0 Å². The van der Waals surface area contributed by atoms with Gasteiger partial charge in [-0.15, -0.1) is 11.3 Å². The highest BCUT2D eigenvalue weighted by molar-refractivity contribution is 7.16. The van der Waals surface area contributed by atoms with Crippen LogP contribution in [-0.2, 0) is 0 Å². The molecule has 37 heavy (non-hydrogen) atoms. The van der Waals surface area contributed by atoms with Crippen molar-refractivity contribution in [2.75, 3.05) is 20.1 Å². The maximum atomic E-state index is 12.3. The van der Waals surface area contributed by atoms with Crippen LogP contribution in [0.1, 0.15) is 46.7 Å². The second-order valence-electron chi connectivity index (χ2n) is 9.11. The van der Waals surface area contributed by atoms with Crippen LogP contribution >= 0.6 is 22.9 Å². The Balaban J connectivity index is 1.41. The Morgan fingerprint density at radius 1 is 1.24 bits per heavy atom. The molecule has 1 fully saturated rings. The van der Waals surface area contributed by atoms with Crippen molar-refractivity contribution in [2.24, 2.45) is 5.73 Å². The van der Waals surface area contributed by atoms with Crippen molar-refractivity contribution >= 4 is 39.9 Å². The average molecular weight is 536 g/mol. The monoisotopic (exact) mass is 535 g/mol. The number of carbonyl (C=O) groups excluding carboxylic acids is 1. The molecule has 2 N–H and O–H groups in total. The lowest BCUT2D eigenvalue weighted by Crippen LogP contribution is -2.35. The average Bonchev–Trinajstić information content (AvgIpc) is 3.50. The number of imidazole rings is 1. The molecule has 1 aliphatic heterocycles. The Morgan fingerprint density at radius 3 is 2.76 bits per heavy atom. The fourth-order valence-corrected chi connectivity index (χ4v) is 5.71. The van der Waals surface area contributed by atoms with Gasteiger partial charge in [-0.2, -0.15) is 5.26 Å². The summed E-state index contributed by atoms with van der Waals surface area (Å²) in [5, 5.41) is 10.5. The summed E-state index contributed by atoms with van der Waals surface area (Å²) >= 11 is 7.96. The molecule has 10 heteroatoms. The summed E-state index contributed by atoms with van der Waals surface area (Å²) in [7, 11) is 2.11. The van der Waals surface area contributed by atoms with E-state index in [-0.39, 0.29) is 11.0 Å². The van der Waals surface area contributed by atoms with E-state index in [0.29, 0.717) is 27.1 Å². The maximum absolute atomic E-state index is 12.3. The van der Waals surface area contributed by atoms with E-state index in [0.717, 1.165) is 42.5 Å². The second kappa shape index (κ2) is 10.4. The van der Waals surface area contributed by atoms with Crippen molar-refractivity contribution in [3.8, 4) is 22.6 Å². The number of carbonyl (C=O) groups is 1. The molecule has 0 saturated carbocycles. The van der Waals surface area contributed by atoms with E-state index in [9.17, 15) is 10.1 Å². The number of piperidine rings is 1. The van der Waals surface area contributed by atoms with Crippen molar-refractivity contribution < 1.29 is 14.3 Å². The summed E-state index contributed by atoms with van der Waals surface area (Å²) < 4.78 is 14.3. The standard InChI is InChI=1S/C27H26ClN5O3S/c1-16(19-4-3-5-22(25(19)28)36-18-8-10-32(2)11-9-18)35-23-13-24(37-26(23)27(30)34)33-15-31-20-7-6-17(14-29)12-21(20)33/h3-7,12-13,15-16,18H,8-11H2,1-2H3,(H2,30,34)/t16-/m1/s1. The second-order valence-corrected chi connectivity index (χ2v) is 10.5. The molecule has 1 amide bonds. The first-order chi connectivity index (χ1) is 17.8. The molecule has 190 valence electrons. The lowest BCUT2D eigenvalue weighted by molar-refractivity contribution is 0.0998. The lowest BCUT2D eigenvalue weighted by atomic mass is 10.1. The molecule has 0 aliphatic carbocycles. The molecule has 0 radical (unpaired) electrons. The fourth-order valence-electron chi connectivity index (χ4n) is 4.46. The first kappa shape index (κ1) is 25.1. The first-order valence-corrected chi connectivity index (χ1v) is 13.1. The number of benzene rings is 2. The molecule has 5 rings (SSSR count). The van der Waals surface area contributed by atoms with Gasteiger partial charge in [0, 0.05) is 24.7 Å². The lowest BCUT2D eigenvalue weighted by Gasteiger charge is -2.30. The zero-order chi connectivity index (χ0) is 26.1. The van der Waals surface area contributed by atoms with Crippen LogP contribution in [0, 0.1) is 11.3 Å².